The average molecular weight is 492 g/mol. The maximum absolute atomic E-state index is 14.0. The van der Waals surface area contributed by atoms with E-state index in [0.717, 1.165) is 0 Å². The van der Waals surface area contributed by atoms with Gasteiger partial charge in [0.15, 0.2) is 0 Å². The monoisotopic (exact) mass is 492 g/mol. The van der Waals surface area contributed by atoms with Crippen LogP contribution in [0.25, 0.3) is 0 Å². The largest absolute Gasteiger partial charge is 0.431 e. The lowest BCUT2D eigenvalue weighted by Crippen LogP contribution is -2.54. The van der Waals surface area contributed by atoms with Crippen molar-refractivity contribution in [3.05, 3.63) is 0 Å². The van der Waals surface area contributed by atoms with Crippen LogP contribution in [0.4, 0.5) is 61.5 Å². The lowest BCUT2D eigenvalue weighted by atomic mass is 9.83. The molecule has 0 saturated heterocycles. The molecule has 0 rings (SSSR count). The zero-order chi connectivity index (χ0) is 24.9. The Hall–Kier alpha value is -0.980. The fourth-order valence-corrected chi connectivity index (χ4v) is 3.07. The van der Waals surface area contributed by atoms with Gasteiger partial charge in [0.05, 0.1) is 0 Å². The molecule has 0 heterocycles. The Balaban J connectivity index is 5.35. The van der Waals surface area contributed by atoms with Crippen LogP contribution in [0.5, 0.6) is 0 Å². The quantitative estimate of drug-likeness (QED) is 0.200. The van der Waals surface area contributed by atoms with Crippen molar-refractivity contribution in [3.8, 4) is 0 Å². The normalized spacial score (nSPS) is 16.0. The highest BCUT2D eigenvalue weighted by Crippen LogP contribution is 2.52. The van der Waals surface area contributed by atoms with E-state index in [1.807, 2.05) is 0 Å². The summed E-state index contributed by atoms with van der Waals surface area (Å²) in [6.07, 6.45) is -31.5. The number of halogens is 14. The summed E-state index contributed by atoms with van der Waals surface area (Å²) in [5.74, 6) is -1.63. The van der Waals surface area contributed by atoms with Gasteiger partial charge in [0.2, 0.25) is 0 Å². The highest BCUT2D eigenvalue weighted by Gasteiger charge is 2.73. The molecule has 1 atom stereocenters. The molecule has 0 bridgehead atoms. The third kappa shape index (κ3) is 7.54. The van der Waals surface area contributed by atoms with Crippen LogP contribution in [0.2, 0.25) is 0 Å². The van der Waals surface area contributed by atoms with Gasteiger partial charge < -0.3 is 0 Å². The van der Waals surface area contributed by atoms with Crippen LogP contribution in [-0.4, -0.2) is 36.0 Å². The molecule has 0 aliphatic heterocycles. The Bertz CT molecular complexity index is 497. The summed E-state index contributed by atoms with van der Waals surface area (Å²) in [4.78, 5) is 0. The third-order valence-electron chi connectivity index (χ3n) is 4.97. The summed E-state index contributed by atoms with van der Waals surface area (Å²) in [6.45, 7) is 1.65. The Morgan fingerprint density at radius 2 is 0.839 bits per heavy atom. The van der Waals surface area contributed by atoms with Gasteiger partial charge in [-0.05, 0) is 18.8 Å². The third-order valence-corrected chi connectivity index (χ3v) is 4.97. The Morgan fingerprint density at radius 3 is 1.16 bits per heavy atom. The van der Waals surface area contributed by atoms with Gasteiger partial charge in [0.1, 0.15) is 0 Å². The van der Waals surface area contributed by atoms with Crippen LogP contribution in [-0.2, 0) is 0 Å². The minimum atomic E-state index is -6.32. The second kappa shape index (κ2) is 10.3. The van der Waals surface area contributed by atoms with Crippen LogP contribution in [0, 0.1) is 5.92 Å². The van der Waals surface area contributed by atoms with E-state index in [-0.39, 0.29) is 12.8 Å². The first-order chi connectivity index (χ1) is 13.6. The molecule has 0 radical (unpaired) electrons. The molecular formula is C17H22F14. The molecule has 0 aromatic rings. The minimum absolute atomic E-state index is 0.0745. The summed E-state index contributed by atoms with van der Waals surface area (Å²) >= 11 is 0. The Morgan fingerprint density at radius 1 is 0.484 bits per heavy atom. The molecule has 0 amide bonds. The summed E-state index contributed by atoms with van der Waals surface area (Å²) < 4.78 is 179. The van der Waals surface area contributed by atoms with Crippen molar-refractivity contribution in [3.63, 3.8) is 0 Å². The van der Waals surface area contributed by atoms with Gasteiger partial charge >= 0.3 is 24.7 Å². The minimum Gasteiger partial charge on any atom is -0.224 e. The highest BCUT2D eigenvalue weighted by molar-refractivity contribution is 4.97. The number of hydrogen-bond acceptors (Lipinski definition) is 0. The van der Waals surface area contributed by atoms with Crippen LogP contribution in [0.15, 0.2) is 0 Å². The molecule has 0 N–H and O–H groups in total. The van der Waals surface area contributed by atoms with E-state index in [1.54, 1.807) is 6.92 Å². The van der Waals surface area contributed by atoms with Crippen molar-refractivity contribution < 1.29 is 61.5 Å². The van der Waals surface area contributed by atoms with Gasteiger partial charge in [-0.15, -0.1) is 0 Å². The molecule has 0 spiro atoms. The van der Waals surface area contributed by atoms with E-state index >= 15 is 0 Å². The van der Waals surface area contributed by atoms with Crippen LogP contribution in [0.1, 0.15) is 64.7 Å². The summed E-state index contributed by atoms with van der Waals surface area (Å²) in [5.41, 5.74) is -11.2. The number of alkyl halides is 14. The van der Waals surface area contributed by atoms with Gasteiger partial charge in [-0.1, -0.05) is 45.4 Å². The lowest BCUT2D eigenvalue weighted by molar-refractivity contribution is -0.346. The Kier molecular flexibility index (Phi) is 9.98. The molecule has 1 unspecified atom stereocenters. The van der Waals surface area contributed by atoms with E-state index in [4.69, 9.17) is 0 Å². The molecule has 188 valence electrons. The molecule has 0 aromatic carbocycles. The van der Waals surface area contributed by atoms with Crippen molar-refractivity contribution >= 4 is 0 Å². The lowest BCUT2D eigenvalue weighted by Gasteiger charge is -2.33. The van der Waals surface area contributed by atoms with Crippen molar-refractivity contribution in [1.29, 1.82) is 0 Å². The molecule has 0 aliphatic rings. The van der Waals surface area contributed by atoms with Gasteiger partial charge in [0.25, 0.3) is 11.3 Å². The van der Waals surface area contributed by atoms with Crippen LogP contribution < -0.4 is 0 Å². The zero-order valence-corrected chi connectivity index (χ0v) is 16.2. The molecule has 0 fully saturated rings. The van der Waals surface area contributed by atoms with E-state index in [0.29, 0.717) is 12.8 Å². The molecular weight excluding hydrogens is 470 g/mol. The second-order valence-electron chi connectivity index (χ2n) is 7.41. The topological polar surface area (TPSA) is 0 Å². The zero-order valence-electron chi connectivity index (χ0n) is 16.2. The van der Waals surface area contributed by atoms with Gasteiger partial charge in [-0.3, -0.25) is 0 Å². The van der Waals surface area contributed by atoms with Crippen LogP contribution >= 0.6 is 0 Å². The van der Waals surface area contributed by atoms with Crippen molar-refractivity contribution in [2.24, 2.45) is 5.92 Å². The summed E-state index contributed by atoms with van der Waals surface area (Å²) in [5, 5.41) is 0. The summed E-state index contributed by atoms with van der Waals surface area (Å²) in [6, 6.07) is 0. The van der Waals surface area contributed by atoms with Gasteiger partial charge in [-0.25, -0.2) is 8.78 Å². The fourth-order valence-electron chi connectivity index (χ4n) is 3.07. The molecule has 0 aromatic heterocycles. The standard InChI is InChI=1S/C17H22F14/c1-2-3-4-7-11(10-13(19,16(26,27)28)17(29,30)31)8-5-6-9-12(18,14(20,21)22)15(23,24)25/h11H,2-10H2,1H3. The van der Waals surface area contributed by atoms with Gasteiger partial charge in [-0.2, -0.15) is 52.7 Å². The Labute approximate surface area is 169 Å². The number of unbranched alkanes of at least 4 members (excludes halogenated alkanes) is 3. The van der Waals surface area contributed by atoms with Crippen molar-refractivity contribution in [1.82, 2.24) is 0 Å². The predicted octanol–water partition coefficient (Wildman–Crippen LogP) is 8.80. The first kappa shape index (κ1) is 30.0. The van der Waals surface area contributed by atoms with Crippen molar-refractivity contribution in [2.75, 3.05) is 0 Å². The summed E-state index contributed by atoms with van der Waals surface area (Å²) in [7, 11) is 0. The number of hydrogen-bond donors (Lipinski definition) is 0. The average Bonchev–Trinajstić information content (AvgIpc) is 2.54. The first-order valence-electron chi connectivity index (χ1n) is 9.28. The molecule has 14 heteroatoms. The van der Waals surface area contributed by atoms with Crippen LogP contribution in [0.3, 0.4) is 0 Å². The highest BCUT2D eigenvalue weighted by atomic mass is 19.4. The van der Waals surface area contributed by atoms with E-state index in [9.17, 15) is 61.5 Å². The SMILES string of the molecule is CCCCCC(CCCCC(F)(C(F)(F)F)C(F)(F)F)CC(F)(C(F)(F)F)C(F)(F)F. The molecule has 0 saturated carbocycles. The molecule has 0 aliphatic carbocycles. The maximum atomic E-state index is 14.0. The van der Waals surface area contributed by atoms with E-state index in [2.05, 4.69) is 0 Å². The number of rotatable bonds is 11. The van der Waals surface area contributed by atoms with Crippen molar-refractivity contribution in [2.45, 2.75) is 101 Å². The van der Waals surface area contributed by atoms with E-state index < -0.39 is 74.1 Å². The smallest absolute Gasteiger partial charge is 0.224 e. The molecule has 31 heavy (non-hydrogen) atoms. The van der Waals surface area contributed by atoms with Gasteiger partial charge in [0, 0.05) is 6.42 Å². The second-order valence-corrected chi connectivity index (χ2v) is 7.41. The maximum Gasteiger partial charge on any atom is 0.431 e. The fraction of sp³-hybridized carbons (Fsp3) is 1.00. The van der Waals surface area contributed by atoms with E-state index in [1.165, 1.54) is 0 Å². The predicted molar refractivity (Wildman–Crippen MR) is 82.6 cm³/mol. The molecule has 0 nitrogen and oxygen atoms in total. The first-order valence-corrected chi connectivity index (χ1v) is 9.28.